The molecule has 1 unspecified atom stereocenters. The van der Waals surface area contributed by atoms with Crippen LogP contribution in [0.25, 0.3) is 0 Å². The predicted molar refractivity (Wildman–Crippen MR) is 152 cm³/mol. The fourth-order valence-corrected chi connectivity index (χ4v) is 5.98. The summed E-state index contributed by atoms with van der Waals surface area (Å²) in [5.41, 5.74) is 0.420. The van der Waals surface area contributed by atoms with Crippen LogP contribution in [0, 0.1) is 10.8 Å². The Balaban J connectivity index is 1.26. The third kappa shape index (κ3) is 5.07. The zero-order valence-corrected chi connectivity index (χ0v) is 23.7. The molecule has 1 aromatic heterocycles. The van der Waals surface area contributed by atoms with Crippen molar-refractivity contribution in [3.8, 4) is 0 Å². The van der Waals surface area contributed by atoms with Gasteiger partial charge >= 0.3 is 6.18 Å². The Morgan fingerprint density at radius 2 is 1.88 bits per heavy atom. The lowest BCUT2D eigenvalue weighted by Gasteiger charge is -2.45. The monoisotopic (exact) mass is 594 g/mol. The van der Waals surface area contributed by atoms with Crippen LogP contribution in [0.1, 0.15) is 48.2 Å². The minimum Gasteiger partial charge on any atom is -0.379 e. The van der Waals surface area contributed by atoms with E-state index in [-0.39, 0.29) is 21.9 Å². The highest BCUT2D eigenvalue weighted by Crippen LogP contribution is 2.45. The zero-order chi connectivity index (χ0) is 30.6. The molecule has 2 aromatic rings. The minimum absolute atomic E-state index is 0.0809. The molecule has 2 saturated heterocycles. The summed E-state index contributed by atoms with van der Waals surface area (Å²) in [6.07, 6.45) is 3.07. The van der Waals surface area contributed by atoms with E-state index < -0.39 is 28.5 Å². The normalized spacial score (nSPS) is 26.1. The van der Waals surface area contributed by atoms with Crippen LogP contribution < -0.4 is 11.2 Å². The number of carbonyl (C=O) groups excluding carboxylic acids is 2. The van der Waals surface area contributed by atoms with Gasteiger partial charge in [0.2, 0.25) is 11.6 Å². The van der Waals surface area contributed by atoms with E-state index in [0.29, 0.717) is 43.4 Å². The Morgan fingerprint density at radius 1 is 1.14 bits per heavy atom. The maximum absolute atomic E-state index is 13.3. The second-order valence-corrected chi connectivity index (χ2v) is 11.9. The molecule has 13 heteroatoms. The number of piperidine rings is 1. The summed E-state index contributed by atoms with van der Waals surface area (Å²) in [6.45, 7) is 6.00. The minimum atomic E-state index is -4.56. The van der Waals surface area contributed by atoms with E-state index in [1.54, 1.807) is 42.9 Å². The number of ether oxygens (including phenoxy) is 1. The highest BCUT2D eigenvalue weighted by molar-refractivity contribution is 6.05. The molecule has 10 nitrogen and oxygen atoms in total. The third-order valence-electron chi connectivity index (χ3n) is 8.44. The van der Waals surface area contributed by atoms with Gasteiger partial charge in [-0.15, -0.1) is 4.59 Å². The maximum Gasteiger partial charge on any atom is 0.416 e. The van der Waals surface area contributed by atoms with Gasteiger partial charge in [0.1, 0.15) is 17.7 Å². The number of fused-ring (bicyclic) bond motifs is 1. The summed E-state index contributed by atoms with van der Waals surface area (Å²) in [5.74, 6) is 6.71. The largest absolute Gasteiger partial charge is 0.416 e. The van der Waals surface area contributed by atoms with Crippen molar-refractivity contribution in [2.45, 2.75) is 32.9 Å². The highest BCUT2D eigenvalue weighted by atomic mass is 19.4. The second-order valence-electron chi connectivity index (χ2n) is 11.9. The fourth-order valence-electron chi connectivity index (χ4n) is 5.98. The molecule has 0 saturated carbocycles. The molecule has 4 aliphatic heterocycles. The molecule has 5 heterocycles. The molecule has 224 valence electrons. The van der Waals surface area contributed by atoms with Crippen molar-refractivity contribution in [2.24, 2.45) is 26.7 Å². The number of nitrogens with two attached hydrogens (primary N) is 1. The molecule has 3 N–H and O–H groups in total. The Kier molecular flexibility index (Phi) is 6.86. The first-order valence-corrected chi connectivity index (χ1v) is 13.9. The Hall–Kier alpha value is -4.20. The van der Waals surface area contributed by atoms with Crippen molar-refractivity contribution in [2.75, 3.05) is 31.6 Å². The van der Waals surface area contributed by atoms with Crippen LogP contribution in [0.15, 0.2) is 76.4 Å². The number of nitrogens with zero attached hydrogens (tertiary/aromatic N) is 5. The number of alkyl halides is 3. The number of pyridine rings is 1. The predicted octanol–water partition coefficient (Wildman–Crippen LogP) is 4.24. The molecule has 0 radical (unpaired) electrons. The molecule has 4 aliphatic rings. The van der Waals surface area contributed by atoms with E-state index in [1.165, 1.54) is 0 Å². The van der Waals surface area contributed by atoms with E-state index in [1.807, 2.05) is 11.8 Å². The van der Waals surface area contributed by atoms with Gasteiger partial charge < -0.3 is 15.0 Å². The number of halogens is 3. The van der Waals surface area contributed by atoms with Gasteiger partial charge in [-0.1, -0.05) is 6.92 Å². The molecule has 2 atom stereocenters. The molecule has 1 aromatic carbocycles. The van der Waals surface area contributed by atoms with Crippen LogP contribution >= 0.6 is 0 Å². The summed E-state index contributed by atoms with van der Waals surface area (Å²) in [4.78, 5) is 41.3. The standard InChI is InChI=1S/C30H30F3N7O3/c1-28(9-3-12-39(16-28)27(42)29(2)17-43-18-29)24-22-15-35-11-13-40(22,34)25(38-24)19-4-6-20(7-5-19)26(41)37-23-14-21(8-10-36-23)30(31,32)33/h4-8,10-11,13-15H,3,9,12,16-18,34H2,1-2H3/p+1/t28-,40?/m1/s1. The smallest absolute Gasteiger partial charge is 0.379 e. The number of amidine groups is 1. The van der Waals surface area contributed by atoms with Crippen molar-refractivity contribution in [3.63, 3.8) is 0 Å². The number of allylic oxidation sites excluding steroid dienone is 1. The Labute approximate surface area is 246 Å². The number of hydrogen-bond donors (Lipinski definition) is 2. The van der Waals surface area contributed by atoms with E-state index >= 15 is 0 Å². The van der Waals surface area contributed by atoms with Crippen LogP contribution in [-0.4, -0.2) is 64.6 Å². The number of aliphatic imine (C=N–C) groups is 2. The van der Waals surface area contributed by atoms with Gasteiger partial charge in [0.25, 0.3) is 11.7 Å². The number of anilines is 1. The van der Waals surface area contributed by atoms with E-state index in [4.69, 9.17) is 15.6 Å². The topological polar surface area (TPSA) is 122 Å². The number of carbonyl (C=O) groups is 2. The average Bonchev–Trinajstić information content (AvgIpc) is 3.29. The number of amides is 2. The summed E-state index contributed by atoms with van der Waals surface area (Å²) in [7, 11) is 0. The SMILES string of the molecule is CC1(C(=O)N2CCC[C@@](C)(C3=C4C=NC=C[N+]4(N)C(c4ccc(C(=O)Nc5cc(C(F)(F)F)ccn5)cc4)=N3)C2)COC1. The molecular weight excluding hydrogens is 563 g/mol. The van der Waals surface area contributed by atoms with Gasteiger partial charge in [0.05, 0.1) is 42.2 Å². The lowest BCUT2D eigenvalue weighted by Crippen LogP contribution is -2.57. The van der Waals surface area contributed by atoms with Gasteiger partial charge in [0.15, 0.2) is 0 Å². The van der Waals surface area contributed by atoms with Gasteiger partial charge in [-0.2, -0.15) is 24.0 Å². The van der Waals surface area contributed by atoms with Crippen LogP contribution in [0.5, 0.6) is 0 Å². The number of aromatic nitrogens is 1. The Bertz CT molecular complexity index is 1610. The van der Waals surface area contributed by atoms with E-state index in [9.17, 15) is 22.8 Å². The summed E-state index contributed by atoms with van der Waals surface area (Å²) in [6, 6.07) is 8.10. The molecular formula is C30H31F3N7O3+. The van der Waals surface area contributed by atoms with Crippen LogP contribution in [0.3, 0.4) is 0 Å². The van der Waals surface area contributed by atoms with Crippen LogP contribution in [-0.2, 0) is 15.7 Å². The zero-order valence-electron chi connectivity index (χ0n) is 23.7. The highest BCUT2D eigenvalue weighted by Gasteiger charge is 2.52. The molecule has 2 amide bonds. The molecule has 2 fully saturated rings. The number of rotatable bonds is 5. The quantitative estimate of drug-likeness (QED) is 0.396. The third-order valence-corrected chi connectivity index (χ3v) is 8.44. The number of benzene rings is 1. The first kappa shape index (κ1) is 28.9. The lowest BCUT2D eigenvalue weighted by atomic mass is 9.76. The molecule has 43 heavy (non-hydrogen) atoms. The van der Waals surface area contributed by atoms with Crippen molar-refractivity contribution in [1.29, 1.82) is 0 Å². The average molecular weight is 595 g/mol. The van der Waals surface area contributed by atoms with Crippen molar-refractivity contribution < 1.29 is 32.1 Å². The molecule has 0 bridgehead atoms. The first-order chi connectivity index (χ1) is 20.3. The number of likely N-dealkylation sites (tertiary alicyclic amines) is 1. The van der Waals surface area contributed by atoms with Gasteiger partial charge in [-0.25, -0.2) is 4.98 Å². The Morgan fingerprint density at radius 3 is 2.56 bits per heavy atom. The van der Waals surface area contributed by atoms with Crippen molar-refractivity contribution >= 4 is 29.7 Å². The number of quaternary nitrogens is 1. The summed E-state index contributed by atoms with van der Waals surface area (Å²) >= 11 is 0. The number of hydrogen-bond acceptors (Lipinski definition) is 7. The summed E-state index contributed by atoms with van der Waals surface area (Å²) in [5, 5.41) is 2.41. The van der Waals surface area contributed by atoms with Crippen molar-refractivity contribution in [3.05, 3.63) is 83.1 Å². The molecule has 6 rings (SSSR count). The molecule has 0 spiro atoms. The fraction of sp³-hybridized carbons (Fsp3) is 0.367. The van der Waals surface area contributed by atoms with Gasteiger partial charge in [-0.3, -0.25) is 14.6 Å². The lowest BCUT2D eigenvalue weighted by molar-refractivity contribution is -0.750. The maximum atomic E-state index is 13.3. The number of nitrogens with one attached hydrogen (secondary N) is 1. The van der Waals surface area contributed by atoms with E-state index in [2.05, 4.69) is 22.2 Å². The first-order valence-electron chi connectivity index (χ1n) is 13.9. The second kappa shape index (κ2) is 10.2. The molecule has 0 aliphatic carbocycles. The van der Waals surface area contributed by atoms with Crippen LogP contribution in [0.4, 0.5) is 19.0 Å². The van der Waals surface area contributed by atoms with Gasteiger partial charge in [0, 0.05) is 30.3 Å². The van der Waals surface area contributed by atoms with Crippen molar-refractivity contribution in [1.82, 2.24) is 9.88 Å². The summed E-state index contributed by atoms with van der Waals surface area (Å²) < 4.78 is 44.3. The van der Waals surface area contributed by atoms with E-state index in [0.717, 1.165) is 36.9 Å². The van der Waals surface area contributed by atoms with Gasteiger partial charge in [-0.05, 0) is 56.2 Å². The van der Waals surface area contributed by atoms with Crippen LogP contribution in [0.2, 0.25) is 0 Å².